The molecule has 1 N–H and O–H groups in total. The number of hydrogen-bond acceptors (Lipinski definition) is 7. The van der Waals surface area contributed by atoms with E-state index in [0.29, 0.717) is 24.0 Å². The molecule has 8 nitrogen and oxygen atoms in total. The lowest BCUT2D eigenvalue weighted by Gasteiger charge is -2.24. The van der Waals surface area contributed by atoms with Crippen LogP contribution in [0, 0.1) is 19.8 Å². The van der Waals surface area contributed by atoms with Crippen LogP contribution in [0.15, 0.2) is 41.1 Å². The van der Waals surface area contributed by atoms with Crippen LogP contribution >= 0.6 is 0 Å². The molecule has 1 aromatic carbocycles. The van der Waals surface area contributed by atoms with Crippen molar-refractivity contribution in [3.05, 3.63) is 53.8 Å². The molecule has 0 radical (unpaired) electrons. The Morgan fingerprint density at radius 3 is 2.69 bits per heavy atom. The molecular weight excluding hydrogens is 408 g/mol. The molecule has 8 heteroatoms. The second-order valence-corrected chi connectivity index (χ2v) is 8.46. The van der Waals surface area contributed by atoms with Gasteiger partial charge in [-0.05, 0) is 61.2 Å². The zero-order valence-corrected chi connectivity index (χ0v) is 18.2. The number of anilines is 1. The van der Waals surface area contributed by atoms with E-state index in [1.54, 1.807) is 13.1 Å². The number of carbonyl (C=O) groups is 1. The van der Waals surface area contributed by atoms with Crippen molar-refractivity contribution >= 4 is 11.7 Å². The molecule has 1 saturated carbocycles. The first-order valence-corrected chi connectivity index (χ1v) is 11.0. The molecule has 1 saturated heterocycles. The Hall–Kier alpha value is -3.26. The summed E-state index contributed by atoms with van der Waals surface area (Å²) in [7, 11) is 0. The Bertz CT molecular complexity index is 1120. The van der Waals surface area contributed by atoms with Crippen LogP contribution in [0.2, 0.25) is 0 Å². The number of nitrogens with zero attached hydrogens (tertiary/aromatic N) is 3. The van der Waals surface area contributed by atoms with Gasteiger partial charge < -0.3 is 19.3 Å². The molecule has 2 aromatic heterocycles. The molecule has 3 aromatic rings. The van der Waals surface area contributed by atoms with Crippen LogP contribution < -0.4 is 10.1 Å². The van der Waals surface area contributed by atoms with Gasteiger partial charge in [0.1, 0.15) is 17.7 Å². The normalized spacial score (nSPS) is 20.7. The van der Waals surface area contributed by atoms with Crippen LogP contribution in [0.4, 0.5) is 5.82 Å². The van der Waals surface area contributed by atoms with Gasteiger partial charge >= 0.3 is 0 Å². The summed E-state index contributed by atoms with van der Waals surface area (Å²) in [5.41, 5.74) is 3.10. The fraction of sp³-hybridized carbons (Fsp3) is 0.417. The van der Waals surface area contributed by atoms with E-state index in [-0.39, 0.29) is 23.8 Å². The van der Waals surface area contributed by atoms with Crippen molar-refractivity contribution in [2.75, 3.05) is 18.5 Å². The predicted octanol–water partition coefficient (Wildman–Crippen LogP) is 4.05. The predicted molar refractivity (Wildman–Crippen MR) is 117 cm³/mol. The number of rotatable bonds is 6. The average Bonchev–Trinajstić information content (AvgIpc) is 3.49. The number of pyridine rings is 1. The summed E-state index contributed by atoms with van der Waals surface area (Å²) >= 11 is 0. The SMILES string of the molecule is Cc1noc([C@@H]2C[C@H]2C(=O)Nc2cc(-c3ccc(OC4CCOCC4)c(C)c3)ccn2)n1. The fourth-order valence-corrected chi connectivity index (χ4v) is 4.05. The van der Waals surface area contributed by atoms with Crippen LogP contribution in [-0.2, 0) is 9.53 Å². The molecule has 2 fully saturated rings. The molecule has 0 spiro atoms. The molecule has 2 aliphatic rings. The number of ether oxygens (including phenoxy) is 2. The minimum Gasteiger partial charge on any atom is -0.490 e. The van der Waals surface area contributed by atoms with E-state index in [0.717, 1.165) is 48.5 Å². The van der Waals surface area contributed by atoms with Crippen molar-refractivity contribution in [1.29, 1.82) is 0 Å². The quantitative estimate of drug-likeness (QED) is 0.625. The maximum Gasteiger partial charge on any atom is 0.230 e. The highest BCUT2D eigenvalue weighted by Gasteiger charge is 2.47. The van der Waals surface area contributed by atoms with Crippen molar-refractivity contribution in [2.45, 2.75) is 45.1 Å². The highest BCUT2D eigenvalue weighted by Crippen LogP contribution is 2.47. The molecule has 1 aliphatic heterocycles. The molecular formula is C24H26N4O4. The van der Waals surface area contributed by atoms with E-state index in [1.807, 2.05) is 24.3 Å². The molecule has 32 heavy (non-hydrogen) atoms. The van der Waals surface area contributed by atoms with Gasteiger partial charge in [-0.1, -0.05) is 11.2 Å². The first kappa shape index (κ1) is 20.6. The number of aryl methyl sites for hydroxylation is 2. The smallest absolute Gasteiger partial charge is 0.230 e. The topological polar surface area (TPSA) is 99.4 Å². The fourth-order valence-electron chi connectivity index (χ4n) is 4.05. The van der Waals surface area contributed by atoms with Crippen LogP contribution in [0.3, 0.4) is 0 Å². The molecule has 1 amide bonds. The largest absolute Gasteiger partial charge is 0.490 e. The van der Waals surface area contributed by atoms with E-state index in [9.17, 15) is 4.79 Å². The van der Waals surface area contributed by atoms with Gasteiger partial charge in [0.05, 0.1) is 25.0 Å². The lowest BCUT2D eigenvalue weighted by molar-refractivity contribution is -0.117. The Morgan fingerprint density at radius 2 is 1.94 bits per heavy atom. The van der Waals surface area contributed by atoms with E-state index < -0.39 is 0 Å². The number of nitrogens with one attached hydrogen (secondary N) is 1. The van der Waals surface area contributed by atoms with Gasteiger partial charge in [-0.2, -0.15) is 4.98 Å². The van der Waals surface area contributed by atoms with E-state index in [2.05, 4.69) is 33.4 Å². The lowest BCUT2D eigenvalue weighted by atomic mass is 10.0. The summed E-state index contributed by atoms with van der Waals surface area (Å²) in [6, 6.07) is 9.98. The van der Waals surface area contributed by atoms with Crippen LogP contribution in [0.5, 0.6) is 5.75 Å². The molecule has 0 unspecified atom stereocenters. The van der Waals surface area contributed by atoms with Gasteiger partial charge in [-0.25, -0.2) is 4.98 Å². The van der Waals surface area contributed by atoms with E-state index >= 15 is 0 Å². The van der Waals surface area contributed by atoms with E-state index in [4.69, 9.17) is 14.0 Å². The summed E-state index contributed by atoms with van der Waals surface area (Å²) in [5, 5.41) is 6.73. The summed E-state index contributed by atoms with van der Waals surface area (Å²) in [4.78, 5) is 21.2. The van der Waals surface area contributed by atoms with Gasteiger partial charge in [-0.3, -0.25) is 4.79 Å². The van der Waals surface area contributed by atoms with Crippen molar-refractivity contribution in [3.63, 3.8) is 0 Å². The Balaban J connectivity index is 1.25. The van der Waals surface area contributed by atoms with E-state index in [1.165, 1.54) is 0 Å². The van der Waals surface area contributed by atoms with Crippen molar-refractivity contribution in [3.8, 4) is 16.9 Å². The van der Waals surface area contributed by atoms with Gasteiger partial charge in [0.25, 0.3) is 0 Å². The summed E-state index contributed by atoms with van der Waals surface area (Å²) in [6.45, 7) is 5.33. The highest BCUT2D eigenvalue weighted by molar-refractivity contribution is 5.94. The van der Waals surface area contributed by atoms with Crippen molar-refractivity contribution < 1.29 is 18.8 Å². The minimum absolute atomic E-state index is 0.00898. The Labute approximate surface area is 186 Å². The number of carbonyl (C=O) groups excluding carboxylic acids is 1. The third kappa shape index (κ3) is 4.50. The average molecular weight is 434 g/mol. The van der Waals surface area contributed by atoms with Gasteiger partial charge in [0.2, 0.25) is 11.8 Å². The first-order valence-electron chi connectivity index (χ1n) is 11.0. The summed E-state index contributed by atoms with van der Waals surface area (Å²) in [6.07, 6.45) is 4.46. The van der Waals surface area contributed by atoms with Gasteiger partial charge in [0, 0.05) is 19.0 Å². The van der Waals surface area contributed by atoms with Gasteiger partial charge in [-0.15, -0.1) is 0 Å². The van der Waals surface area contributed by atoms with Crippen LogP contribution in [0.25, 0.3) is 11.1 Å². The van der Waals surface area contributed by atoms with Crippen molar-refractivity contribution in [1.82, 2.24) is 15.1 Å². The Kier molecular flexibility index (Phi) is 5.61. The molecule has 3 heterocycles. The highest BCUT2D eigenvalue weighted by atomic mass is 16.5. The summed E-state index contributed by atoms with van der Waals surface area (Å²) in [5.74, 6) is 2.29. The summed E-state index contributed by atoms with van der Waals surface area (Å²) < 4.78 is 16.8. The maximum absolute atomic E-state index is 12.6. The maximum atomic E-state index is 12.6. The second-order valence-electron chi connectivity index (χ2n) is 8.46. The Morgan fingerprint density at radius 1 is 1.12 bits per heavy atom. The lowest BCUT2D eigenvalue weighted by Crippen LogP contribution is -2.26. The van der Waals surface area contributed by atoms with Crippen LogP contribution in [-0.4, -0.2) is 40.3 Å². The van der Waals surface area contributed by atoms with Crippen LogP contribution in [0.1, 0.15) is 42.5 Å². The number of aromatic nitrogens is 3. The molecule has 2 atom stereocenters. The third-order valence-electron chi connectivity index (χ3n) is 5.97. The molecule has 5 rings (SSSR count). The monoisotopic (exact) mass is 434 g/mol. The second kappa shape index (κ2) is 8.70. The van der Waals surface area contributed by atoms with Gasteiger partial charge in [0.15, 0.2) is 5.82 Å². The standard InChI is InChI=1S/C24H26N4O4/c1-14-11-16(3-4-21(14)31-18-6-9-30-10-7-18)17-5-8-25-22(12-17)27-23(29)19-13-20(19)24-26-15(2)28-32-24/h3-5,8,11-12,18-20H,6-7,9-10,13H2,1-2H3,(H,25,27,29)/t19-,20-/m1/s1. The number of benzene rings is 1. The molecule has 166 valence electrons. The molecule has 0 bridgehead atoms. The number of amides is 1. The zero-order chi connectivity index (χ0) is 22.1. The zero-order valence-electron chi connectivity index (χ0n) is 18.2. The molecule has 1 aliphatic carbocycles. The third-order valence-corrected chi connectivity index (χ3v) is 5.97. The number of hydrogen-bond donors (Lipinski definition) is 1. The van der Waals surface area contributed by atoms with Crippen molar-refractivity contribution in [2.24, 2.45) is 5.92 Å². The minimum atomic E-state index is -0.163. The first-order chi connectivity index (χ1) is 15.6.